The minimum atomic E-state index is -1.11. The highest BCUT2D eigenvalue weighted by Gasteiger charge is 2.28. The van der Waals surface area contributed by atoms with Crippen molar-refractivity contribution >= 4 is 52.3 Å². The molecule has 16 nitrogen and oxygen atoms in total. The van der Waals surface area contributed by atoms with Crippen LogP contribution < -0.4 is 43.7 Å². The summed E-state index contributed by atoms with van der Waals surface area (Å²) in [5.74, 6) is -2.66. The fourth-order valence-electron chi connectivity index (χ4n) is 4.79. The number of aryl methyl sites for hydroxylation is 1. The number of anilines is 1. The highest BCUT2D eigenvalue weighted by molar-refractivity contribution is 5.97. The second kappa shape index (κ2) is 19.2. The molecule has 0 saturated carbocycles. The van der Waals surface area contributed by atoms with Gasteiger partial charge in [-0.1, -0.05) is 44.2 Å². The van der Waals surface area contributed by atoms with Gasteiger partial charge in [0.05, 0.1) is 13.1 Å². The maximum absolute atomic E-state index is 13.3. The first-order valence-corrected chi connectivity index (χ1v) is 16.0. The normalized spacial score (nSPS) is 11.9. The monoisotopic (exact) mass is 692 g/mol. The van der Waals surface area contributed by atoms with Crippen LogP contribution in [0.3, 0.4) is 0 Å². The average molecular weight is 693 g/mol. The molecular formula is C34H44N8O8. The van der Waals surface area contributed by atoms with Crippen LogP contribution in [-0.4, -0.2) is 67.4 Å². The Bertz CT molecular complexity index is 1740. The molecule has 268 valence electrons. The summed E-state index contributed by atoms with van der Waals surface area (Å²) in [6.07, 6.45) is -0.128. The Labute approximate surface area is 288 Å². The van der Waals surface area contributed by atoms with Crippen LogP contribution in [0, 0.1) is 12.8 Å². The van der Waals surface area contributed by atoms with Crippen LogP contribution in [0.15, 0.2) is 68.8 Å². The molecule has 3 rings (SSSR count). The lowest BCUT2D eigenvalue weighted by atomic mass is 10.0. The molecule has 0 aliphatic rings. The van der Waals surface area contributed by atoms with Crippen molar-refractivity contribution in [2.75, 3.05) is 25.0 Å². The zero-order valence-corrected chi connectivity index (χ0v) is 28.2. The summed E-state index contributed by atoms with van der Waals surface area (Å²) in [6.45, 7) is 4.79. The molecule has 0 spiro atoms. The Morgan fingerprint density at radius 1 is 0.880 bits per heavy atom. The number of aliphatic imine (C=N–C) groups is 1. The molecule has 1 aromatic heterocycles. The summed E-state index contributed by atoms with van der Waals surface area (Å²) < 4.78 is 10.5. The fourth-order valence-corrected chi connectivity index (χ4v) is 4.79. The van der Waals surface area contributed by atoms with Crippen molar-refractivity contribution in [1.29, 1.82) is 0 Å². The zero-order valence-electron chi connectivity index (χ0n) is 28.2. The summed E-state index contributed by atoms with van der Waals surface area (Å²) in [4.78, 5) is 79.6. The Balaban J connectivity index is 1.55. The third-order valence-corrected chi connectivity index (χ3v) is 7.21. The maximum Gasteiger partial charge on any atom is 0.408 e. The largest absolute Gasteiger partial charge is 0.445 e. The molecule has 0 radical (unpaired) electrons. The number of ether oxygens (including phenoxy) is 1. The number of hydrogen-bond donors (Lipinski definition) is 7. The summed E-state index contributed by atoms with van der Waals surface area (Å²) in [7, 11) is 0. The molecule has 0 aliphatic carbocycles. The van der Waals surface area contributed by atoms with E-state index in [0.717, 1.165) is 11.1 Å². The summed E-state index contributed by atoms with van der Waals surface area (Å²) in [5, 5.41) is 13.4. The van der Waals surface area contributed by atoms with Gasteiger partial charge in [-0.05, 0) is 55.4 Å². The summed E-state index contributed by atoms with van der Waals surface area (Å²) in [6, 6.07) is 13.1. The Morgan fingerprint density at radius 3 is 2.30 bits per heavy atom. The van der Waals surface area contributed by atoms with Crippen molar-refractivity contribution in [2.24, 2.45) is 22.4 Å². The Kier molecular flexibility index (Phi) is 14.8. The number of fused-ring (bicyclic) bond motifs is 1. The Morgan fingerprint density at radius 2 is 1.60 bits per heavy atom. The van der Waals surface area contributed by atoms with Crippen LogP contribution in [-0.2, 0) is 30.5 Å². The van der Waals surface area contributed by atoms with Gasteiger partial charge in [0.25, 0.3) is 0 Å². The zero-order chi connectivity index (χ0) is 36.6. The molecule has 0 fully saturated rings. The van der Waals surface area contributed by atoms with Gasteiger partial charge in [0.1, 0.15) is 24.3 Å². The van der Waals surface area contributed by atoms with E-state index in [4.69, 9.17) is 20.6 Å². The van der Waals surface area contributed by atoms with Crippen molar-refractivity contribution in [1.82, 2.24) is 21.3 Å². The topological polar surface area (TPSA) is 249 Å². The van der Waals surface area contributed by atoms with E-state index in [0.29, 0.717) is 23.1 Å². The molecule has 0 bridgehead atoms. The molecule has 9 N–H and O–H groups in total. The number of rotatable bonds is 17. The highest BCUT2D eigenvalue weighted by Crippen LogP contribution is 2.20. The quantitative estimate of drug-likeness (QED) is 0.0460. The molecule has 2 atom stereocenters. The number of alkyl carbamates (subject to hydrolysis) is 1. The lowest BCUT2D eigenvalue weighted by Gasteiger charge is -2.24. The number of amides is 5. The highest BCUT2D eigenvalue weighted by atomic mass is 16.5. The van der Waals surface area contributed by atoms with Gasteiger partial charge in [-0.15, -0.1) is 0 Å². The lowest BCUT2D eigenvalue weighted by Crippen LogP contribution is -2.55. The van der Waals surface area contributed by atoms with E-state index in [-0.39, 0.29) is 37.9 Å². The van der Waals surface area contributed by atoms with Crippen molar-refractivity contribution in [3.05, 3.63) is 76.1 Å². The Hall–Kier alpha value is -5.93. The molecule has 3 aromatic rings. The first kappa shape index (κ1) is 38.5. The standard InChI is InChI=1S/C34H44N8O8/c1-20(2)14-26(42-34(48)49-19-22-8-5-4-6-9-22)32(47)41-25(10-7-13-37-33(35)36)31(46)39-17-28(43)38-18-29(44)40-23-11-12-24-21(3)15-30(45)50-27(24)16-23/h4-6,8-9,11-12,15-16,20,25-26H,7,10,13-14,17-19H2,1-3H3,(H,38,43)(H,39,46)(H,40,44)(H,41,47)(H,42,48)(H4,35,36,37)/t25?,26-/m0/s1. The van der Waals surface area contributed by atoms with Crippen molar-refractivity contribution < 1.29 is 33.1 Å². The second-order valence-electron chi connectivity index (χ2n) is 11.9. The van der Waals surface area contributed by atoms with Crippen LogP contribution >= 0.6 is 0 Å². The number of nitrogens with two attached hydrogens (primary N) is 2. The number of hydrogen-bond acceptors (Lipinski definition) is 9. The molecule has 0 saturated heterocycles. The smallest absolute Gasteiger partial charge is 0.408 e. The first-order valence-electron chi connectivity index (χ1n) is 16.0. The first-order chi connectivity index (χ1) is 23.8. The minimum absolute atomic E-state index is 0.00124. The molecule has 1 unspecified atom stereocenters. The third kappa shape index (κ3) is 13.3. The third-order valence-electron chi connectivity index (χ3n) is 7.21. The van der Waals surface area contributed by atoms with E-state index in [1.54, 1.807) is 31.2 Å². The van der Waals surface area contributed by atoms with Crippen molar-refractivity contribution in [3.8, 4) is 0 Å². The van der Waals surface area contributed by atoms with Gasteiger partial charge in [-0.3, -0.25) is 24.2 Å². The van der Waals surface area contributed by atoms with Crippen LogP contribution in [0.1, 0.15) is 44.2 Å². The minimum Gasteiger partial charge on any atom is -0.445 e. The fraction of sp³-hybridized carbons (Fsp3) is 0.382. The predicted molar refractivity (Wildman–Crippen MR) is 187 cm³/mol. The van der Waals surface area contributed by atoms with Gasteiger partial charge in [-0.25, -0.2) is 9.59 Å². The van der Waals surface area contributed by atoms with E-state index in [1.807, 2.05) is 32.0 Å². The van der Waals surface area contributed by atoms with Gasteiger partial charge >= 0.3 is 11.7 Å². The number of nitrogens with one attached hydrogen (secondary N) is 5. The van der Waals surface area contributed by atoms with E-state index in [9.17, 15) is 28.8 Å². The average Bonchev–Trinajstić information content (AvgIpc) is 3.06. The molecular weight excluding hydrogens is 648 g/mol. The van der Waals surface area contributed by atoms with Crippen LogP contribution in [0.2, 0.25) is 0 Å². The SMILES string of the molecule is Cc1cc(=O)oc2cc(NC(=O)CNC(=O)CNC(=O)C(CCCN=C(N)N)NC(=O)[C@H](CC(C)C)NC(=O)OCc3ccccc3)ccc12. The van der Waals surface area contributed by atoms with Crippen LogP contribution in [0.5, 0.6) is 0 Å². The van der Waals surface area contributed by atoms with Gasteiger partial charge in [0.2, 0.25) is 23.6 Å². The van der Waals surface area contributed by atoms with E-state index in [2.05, 4.69) is 31.6 Å². The summed E-state index contributed by atoms with van der Waals surface area (Å²) in [5.41, 5.74) is 12.4. The molecule has 1 heterocycles. The van der Waals surface area contributed by atoms with Gasteiger partial charge < -0.3 is 47.2 Å². The molecule has 0 aliphatic heterocycles. The number of nitrogens with zero attached hydrogens (tertiary/aromatic N) is 1. The number of benzene rings is 2. The maximum atomic E-state index is 13.3. The van der Waals surface area contributed by atoms with Crippen molar-refractivity contribution in [2.45, 2.75) is 58.7 Å². The molecule has 2 aromatic carbocycles. The predicted octanol–water partition coefficient (Wildman–Crippen LogP) is 1.15. The number of guanidine groups is 1. The molecule has 16 heteroatoms. The molecule has 50 heavy (non-hydrogen) atoms. The van der Waals surface area contributed by atoms with Gasteiger partial charge in [0.15, 0.2) is 5.96 Å². The van der Waals surface area contributed by atoms with E-state index >= 15 is 0 Å². The van der Waals surface area contributed by atoms with E-state index < -0.39 is 60.5 Å². The second-order valence-corrected chi connectivity index (χ2v) is 11.9. The number of carbonyl (C=O) groups is 5. The summed E-state index contributed by atoms with van der Waals surface area (Å²) >= 11 is 0. The van der Waals surface area contributed by atoms with Crippen molar-refractivity contribution in [3.63, 3.8) is 0 Å². The molecule has 5 amide bonds. The van der Waals surface area contributed by atoms with Crippen LogP contribution in [0.25, 0.3) is 11.0 Å². The van der Waals surface area contributed by atoms with Gasteiger partial charge in [-0.2, -0.15) is 0 Å². The van der Waals surface area contributed by atoms with E-state index in [1.165, 1.54) is 12.1 Å². The lowest BCUT2D eigenvalue weighted by molar-refractivity contribution is -0.131. The number of carbonyl (C=O) groups excluding carboxylic acids is 5. The van der Waals surface area contributed by atoms with Crippen LogP contribution in [0.4, 0.5) is 10.5 Å². The van der Waals surface area contributed by atoms with Gasteiger partial charge in [0, 0.05) is 29.8 Å².